The fourth-order valence-corrected chi connectivity index (χ4v) is 4.58. The molecule has 1 aromatic heterocycles. The van der Waals surface area contributed by atoms with Crippen molar-refractivity contribution in [3.05, 3.63) is 112 Å². The van der Waals surface area contributed by atoms with Crippen molar-refractivity contribution in [2.45, 2.75) is 25.8 Å². The second kappa shape index (κ2) is 8.92. The predicted octanol–water partition coefficient (Wildman–Crippen LogP) is 4.24. The van der Waals surface area contributed by atoms with E-state index in [0.717, 1.165) is 28.1 Å². The first-order valence-corrected chi connectivity index (χ1v) is 11.3. The Hall–Kier alpha value is -4.70. The van der Waals surface area contributed by atoms with Crippen LogP contribution in [0.3, 0.4) is 0 Å². The average Bonchev–Trinajstić information content (AvgIpc) is 3.20. The van der Waals surface area contributed by atoms with Crippen LogP contribution in [0.15, 0.2) is 78.9 Å². The van der Waals surface area contributed by atoms with Crippen LogP contribution >= 0.6 is 0 Å². The molecule has 0 saturated carbocycles. The molecule has 1 aliphatic heterocycles. The maximum atomic E-state index is 13.5. The summed E-state index contributed by atoms with van der Waals surface area (Å²) in [5.41, 5.74) is 5.16. The van der Waals surface area contributed by atoms with Gasteiger partial charge in [-0.05, 0) is 55.8 Å². The highest BCUT2D eigenvalue weighted by molar-refractivity contribution is 6.04. The molecule has 3 aromatic carbocycles. The molecule has 0 spiro atoms. The molecule has 172 valence electrons. The van der Waals surface area contributed by atoms with Crippen LogP contribution in [-0.4, -0.2) is 27.6 Å². The van der Waals surface area contributed by atoms with Gasteiger partial charge >= 0.3 is 0 Å². The highest BCUT2D eigenvalue weighted by atomic mass is 16.2. The largest absolute Gasteiger partial charge is 0.339 e. The summed E-state index contributed by atoms with van der Waals surface area (Å²) in [5, 5.41) is 19.9. The molecule has 35 heavy (non-hydrogen) atoms. The number of rotatable bonds is 4. The van der Waals surface area contributed by atoms with Crippen molar-refractivity contribution in [3.63, 3.8) is 0 Å². The van der Waals surface area contributed by atoms with Gasteiger partial charge in [-0.3, -0.25) is 9.59 Å². The zero-order valence-corrected chi connectivity index (χ0v) is 19.3. The maximum absolute atomic E-state index is 13.5. The van der Waals surface area contributed by atoms with E-state index in [1.807, 2.05) is 68.4 Å². The Kier molecular flexibility index (Phi) is 5.63. The smallest absolute Gasteiger partial charge is 0.251 e. The highest BCUT2D eigenvalue weighted by Gasteiger charge is 2.41. The molecule has 0 saturated heterocycles. The molecule has 2 heterocycles. The molecule has 0 unspecified atom stereocenters. The summed E-state index contributed by atoms with van der Waals surface area (Å²) in [7, 11) is 0. The number of hydrogen-bond acceptors (Lipinski definition) is 4. The van der Waals surface area contributed by atoms with Crippen molar-refractivity contribution in [1.82, 2.24) is 15.1 Å². The van der Waals surface area contributed by atoms with Gasteiger partial charge in [-0.15, -0.1) is 0 Å². The number of aryl methyl sites for hydroxylation is 2. The van der Waals surface area contributed by atoms with E-state index in [2.05, 4.69) is 16.7 Å². The number of anilines is 1. The van der Waals surface area contributed by atoms with Gasteiger partial charge in [-0.2, -0.15) is 10.4 Å². The Morgan fingerprint density at radius 2 is 1.77 bits per heavy atom. The second-order valence-corrected chi connectivity index (χ2v) is 8.62. The van der Waals surface area contributed by atoms with Gasteiger partial charge in [0.15, 0.2) is 0 Å². The lowest BCUT2D eigenvalue weighted by Crippen LogP contribution is -2.50. The summed E-state index contributed by atoms with van der Waals surface area (Å²) in [4.78, 5) is 26.6. The first kappa shape index (κ1) is 22.1. The minimum Gasteiger partial charge on any atom is -0.339 e. The molecule has 0 fully saturated rings. The van der Waals surface area contributed by atoms with Crippen LogP contribution in [0, 0.1) is 25.2 Å². The van der Waals surface area contributed by atoms with Gasteiger partial charge in [0.05, 0.1) is 23.0 Å². The summed E-state index contributed by atoms with van der Waals surface area (Å²) in [6, 6.07) is 25.2. The Morgan fingerprint density at radius 1 is 1.03 bits per heavy atom. The number of nitriles is 1. The monoisotopic (exact) mass is 461 g/mol. The fourth-order valence-electron chi connectivity index (χ4n) is 4.58. The number of aromatic nitrogens is 2. The first-order chi connectivity index (χ1) is 17.0. The number of carbonyl (C=O) groups excluding carboxylic acids is 2. The van der Waals surface area contributed by atoms with E-state index >= 15 is 0 Å². The molecule has 2 amide bonds. The Morgan fingerprint density at radius 3 is 2.46 bits per heavy atom. The number of fused-ring (bicyclic) bond motifs is 1. The molecule has 1 aliphatic rings. The normalized spacial score (nSPS) is 16.7. The Labute approximate surface area is 203 Å². The van der Waals surface area contributed by atoms with Crippen LogP contribution in [0.5, 0.6) is 0 Å². The number of nitrogens with one attached hydrogen (secondary N) is 2. The van der Waals surface area contributed by atoms with E-state index in [4.69, 9.17) is 5.10 Å². The summed E-state index contributed by atoms with van der Waals surface area (Å²) in [5.74, 6) is -0.569. The van der Waals surface area contributed by atoms with E-state index in [1.54, 1.807) is 28.9 Å². The fraction of sp³-hybridized carbons (Fsp3) is 0.143. The highest BCUT2D eigenvalue weighted by Crippen LogP contribution is 2.40. The van der Waals surface area contributed by atoms with Crippen molar-refractivity contribution in [3.8, 4) is 11.8 Å². The lowest BCUT2D eigenvalue weighted by molar-refractivity contribution is -0.118. The summed E-state index contributed by atoms with van der Waals surface area (Å²) >= 11 is 0. The van der Waals surface area contributed by atoms with Gasteiger partial charge in [0.1, 0.15) is 11.9 Å². The minimum atomic E-state index is -0.865. The van der Waals surface area contributed by atoms with Crippen molar-refractivity contribution >= 4 is 17.6 Å². The van der Waals surface area contributed by atoms with Gasteiger partial charge in [-0.1, -0.05) is 48.0 Å². The van der Waals surface area contributed by atoms with E-state index in [-0.39, 0.29) is 11.8 Å². The molecule has 0 aliphatic carbocycles. The van der Waals surface area contributed by atoms with Crippen molar-refractivity contribution in [1.29, 1.82) is 5.26 Å². The van der Waals surface area contributed by atoms with Crippen LogP contribution in [0.2, 0.25) is 0 Å². The SMILES string of the molecule is Cc1cccc(C(=O)N[C@@H]2C(=O)Nc3c(c(C)nn3-c3ccccc3)[C@@H]2c2ccc(C#N)cc2)c1. The quantitative estimate of drug-likeness (QED) is 0.475. The summed E-state index contributed by atoms with van der Waals surface area (Å²) in [6.07, 6.45) is 0. The molecule has 7 nitrogen and oxygen atoms in total. The average molecular weight is 462 g/mol. The van der Waals surface area contributed by atoms with Gasteiger partial charge in [-0.25, -0.2) is 4.68 Å². The molecule has 5 rings (SSSR count). The lowest BCUT2D eigenvalue weighted by Gasteiger charge is -2.33. The second-order valence-electron chi connectivity index (χ2n) is 8.62. The molecule has 0 radical (unpaired) electrons. The van der Waals surface area contributed by atoms with E-state index in [1.165, 1.54) is 0 Å². The van der Waals surface area contributed by atoms with Gasteiger partial charge in [0, 0.05) is 17.0 Å². The molecule has 4 aromatic rings. The van der Waals surface area contributed by atoms with Crippen molar-refractivity contribution in [2.75, 3.05) is 5.32 Å². The number of hydrogen-bond donors (Lipinski definition) is 2. The Bertz CT molecular complexity index is 1470. The van der Waals surface area contributed by atoms with Crippen molar-refractivity contribution < 1.29 is 9.59 Å². The topological polar surface area (TPSA) is 99.8 Å². The minimum absolute atomic E-state index is 0.329. The third-order valence-electron chi connectivity index (χ3n) is 6.24. The molecular formula is C28H23N5O2. The molecule has 2 atom stereocenters. The number of nitrogens with zero attached hydrogens (tertiary/aromatic N) is 3. The standard InChI is InChI=1S/C28H23N5O2/c1-17-7-6-8-21(15-17)27(34)30-25-24(20-13-11-19(16-29)12-14-20)23-18(2)32-33(26(23)31-28(25)35)22-9-4-3-5-10-22/h3-15,24-25H,1-2H3,(H,30,34)(H,31,35)/t24-,25-/m0/s1. The number of amides is 2. The molecule has 0 bridgehead atoms. The van der Waals surface area contributed by atoms with E-state index < -0.39 is 12.0 Å². The Balaban J connectivity index is 1.62. The zero-order chi connectivity index (χ0) is 24.5. The number of benzene rings is 3. The number of para-hydroxylation sites is 1. The van der Waals surface area contributed by atoms with Crippen LogP contribution in [0.1, 0.15) is 44.2 Å². The molecule has 7 heteroatoms. The zero-order valence-electron chi connectivity index (χ0n) is 19.3. The first-order valence-electron chi connectivity index (χ1n) is 11.3. The van der Waals surface area contributed by atoms with E-state index in [0.29, 0.717) is 16.9 Å². The van der Waals surface area contributed by atoms with E-state index in [9.17, 15) is 14.9 Å². The van der Waals surface area contributed by atoms with Gasteiger partial charge in [0.2, 0.25) is 5.91 Å². The third-order valence-corrected chi connectivity index (χ3v) is 6.24. The van der Waals surface area contributed by atoms with Crippen molar-refractivity contribution in [2.24, 2.45) is 0 Å². The van der Waals surface area contributed by atoms with Crippen LogP contribution in [0.25, 0.3) is 5.69 Å². The summed E-state index contributed by atoms with van der Waals surface area (Å²) < 4.78 is 1.72. The molecular weight excluding hydrogens is 438 g/mol. The van der Waals surface area contributed by atoms with Crippen LogP contribution < -0.4 is 10.6 Å². The number of carbonyl (C=O) groups is 2. The van der Waals surface area contributed by atoms with Crippen LogP contribution in [-0.2, 0) is 4.79 Å². The summed E-state index contributed by atoms with van der Waals surface area (Å²) in [6.45, 7) is 3.81. The molecule has 2 N–H and O–H groups in total. The van der Waals surface area contributed by atoms with Gasteiger partial charge < -0.3 is 10.6 Å². The lowest BCUT2D eigenvalue weighted by atomic mass is 9.81. The van der Waals surface area contributed by atoms with Crippen LogP contribution in [0.4, 0.5) is 5.82 Å². The third kappa shape index (κ3) is 4.06. The van der Waals surface area contributed by atoms with Gasteiger partial charge in [0.25, 0.3) is 5.91 Å². The predicted molar refractivity (Wildman–Crippen MR) is 132 cm³/mol. The maximum Gasteiger partial charge on any atom is 0.251 e.